The molecule has 0 spiro atoms. The highest BCUT2D eigenvalue weighted by atomic mass is 28.2. The molecule has 0 fully saturated rings. The van der Waals surface area contributed by atoms with Crippen molar-refractivity contribution in [3.05, 3.63) is 35.9 Å². The first-order valence-corrected chi connectivity index (χ1v) is 7.20. The molecule has 0 saturated carbocycles. The average molecular weight is 234 g/mol. The van der Waals surface area contributed by atoms with E-state index in [1.54, 1.807) is 0 Å². The third kappa shape index (κ3) is 5.47. The number of unbranched alkanes of at least 4 members (excludes halogenated alkanes) is 1. The molecule has 0 aromatic heterocycles. The molecule has 2 heteroatoms. The van der Waals surface area contributed by atoms with Gasteiger partial charge in [0.15, 0.2) is 0 Å². The molecule has 0 bridgehead atoms. The second kappa shape index (κ2) is 6.87. The highest BCUT2D eigenvalue weighted by Gasteiger charge is 2.18. The molecule has 1 nitrogen and oxygen atoms in total. The van der Waals surface area contributed by atoms with Crippen molar-refractivity contribution in [2.45, 2.75) is 51.7 Å². The lowest BCUT2D eigenvalue weighted by Gasteiger charge is -2.25. The number of hydrogen-bond donors (Lipinski definition) is 0. The molecular formula is C14H22OSi. The summed E-state index contributed by atoms with van der Waals surface area (Å²) in [6.07, 6.45) is 3.53. The average Bonchev–Trinajstić information content (AvgIpc) is 2.25. The Kier molecular flexibility index (Phi) is 5.78. The van der Waals surface area contributed by atoms with Gasteiger partial charge < -0.3 is 4.43 Å². The predicted molar refractivity (Wildman–Crippen MR) is 70.8 cm³/mol. The van der Waals surface area contributed by atoms with Crippen molar-refractivity contribution in [1.29, 1.82) is 0 Å². The van der Waals surface area contributed by atoms with E-state index in [4.69, 9.17) is 4.43 Å². The summed E-state index contributed by atoms with van der Waals surface area (Å²) in [6, 6.07) is 11.8. The normalized spacial score (nSPS) is 11.7. The monoisotopic (exact) mass is 234 g/mol. The van der Waals surface area contributed by atoms with Gasteiger partial charge in [-0.15, -0.1) is 0 Å². The molecule has 16 heavy (non-hydrogen) atoms. The zero-order valence-corrected chi connectivity index (χ0v) is 11.6. The molecule has 0 aliphatic rings. The van der Waals surface area contributed by atoms with Crippen molar-refractivity contribution in [2.24, 2.45) is 0 Å². The van der Waals surface area contributed by atoms with Crippen LogP contribution in [0.4, 0.5) is 0 Å². The van der Waals surface area contributed by atoms with Crippen molar-refractivity contribution in [2.75, 3.05) is 0 Å². The quantitative estimate of drug-likeness (QED) is 0.514. The van der Waals surface area contributed by atoms with Crippen LogP contribution in [-0.4, -0.2) is 15.4 Å². The number of benzene rings is 1. The Morgan fingerprint density at radius 1 is 1.19 bits per heavy atom. The first-order valence-electron chi connectivity index (χ1n) is 6.09. The van der Waals surface area contributed by atoms with Gasteiger partial charge in [0.2, 0.25) is 9.76 Å². The fourth-order valence-corrected chi connectivity index (χ4v) is 2.68. The highest BCUT2D eigenvalue weighted by molar-refractivity contribution is 6.27. The first kappa shape index (κ1) is 13.5. The van der Waals surface area contributed by atoms with Crippen LogP contribution in [0.25, 0.3) is 0 Å². The van der Waals surface area contributed by atoms with Crippen LogP contribution in [0.1, 0.15) is 39.2 Å². The first-order chi connectivity index (χ1) is 7.64. The number of rotatable bonds is 7. The van der Waals surface area contributed by atoms with E-state index >= 15 is 0 Å². The summed E-state index contributed by atoms with van der Waals surface area (Å²) >= 11 is 0. The lowest BCUT2D eigenvalue weighted by Crippen LogP contribution is -2.29. The largest absolute Gasteiger partial charge is 0.412 e. The molecule has 0 saturated heterocycles. The molecule has 88 valence electrons. The topological polar surface area (TPSA) is 9.23 Å². The minimum atomic E-state index is -0.0342. The van der Waals surface area contributed by atoms with Gasteiger partial charge in [0.1, 0.15) is 0 Å². The van der Waals surface area contributed by atoms with Gasteiger partial charge in [-0.1, -0.05) is 50.1 Å². The van der Waals surface area contributed by atoms with Crippen LogP contribution < -0.4 is 0 Å². The van der Waals surface area contributed by atoms with Gasteiger partial charge in [-0.05, 0) is 31.9 Å². The van der Waals surface area contributed by atoms with Crippen molar-refractivity contribution in [3.8, 4) is 0 Å². The zero-order valence-electron chi connectivity index (χ0n) is 10.6. The summed E-state index contributed by atoms with van der Waals surface area (Å²) in [7, 11) is 0.642. The molecule has 0 aliphatic heterocycles. The Hall–Kier alpha value is -0.603. The van der Waals surface area contributed by atoms with Crippen LogP contribution in [0.2, 0.25) is 6.04 Å². The minimum absolute atomic E-state index is 0.0342. The summed E-state index contributed by atoms with van der Waals surface area (Å²) in [4.78, 5) is 0. The fourth-order valence-electron chi connectivity index (χ4n) is 1.62. The van der Waals surface area contributed by atoms with E-state index in [9.17, 15) is 0 Å². The Morgan fingerprint density at radius 2 is 1.88 bits per heavy atom. The maximum Gasteiger partial charge on any atom is 0.230 e. The standard InChI is InChI=1S/C14H22OSi/c1-4-5-11-16-15-14(2,3)12-13-9-7-6-8-10-13/h6-10H,4-5,11-12H2,1-3H3. The van der Waals surface area contributed by atoms with Gasteiger partial charge in [0, 0.05) is 0 Å². The molecular weight excluding hydrogens is 212 g/mol. The molecule has 0 aliphatic carbocycles. The summed E-state index contributed by atoms with van der Waals surface area (Å²) in [5.41, 5.74) is 1.32. The summed E-state index contributed by atoms with van der Waals surface area (Å²) in [6.45, 7) is 6.58. The lowest BCUT2D eigenvalue weighted by molar-refractivity contribution is 0.116. The van der Waals surface area contributed by atoms with Gasteiger partial charge in [-0.3, -0.25) is 0 Å². The van der Waals surface area contributed by atoms with Crippen LogP contribution >= 0.6 is 0 Å². The maximum absolute atomic E-state index is 5.96. The van der Waals surface area contributed by atoms with E-state index < -0.39 is 0 Å². The Bertz CT molecular complexity index is 282. The smallest absolute Gasteiger partial charge is 0.230 e. The van der Waals surface area contributed by atoms with Crippen molar-refractivity contribution in [1.82, 2.24) is 0 Å². The van der Waals surface area contributed by atoms with Gasteiger partial charge in [0.25, 0.3) is 0 Å². The van der Waals surface area contributed by atoms with E-state index in [2.05, 4.69) is 51.1 Å². The van der Waals surface area contributed by atoms with Gasteiger partial charge in [-0.2, -0.15) is 0 Å². The zero-order chi connectivity index (χ0) is 11.9. The number of hydrogen-bond acceptors (Lipinski definition) is 1. The highest BCUT2D eigenvalue weighted by Crippen LogP contribution is 2.16. The molecule has 1 aromatic rings. The molecule has 0 unspecified atom stereocenters. The lowest BCUT2D eigenvalue weighted by atomic mass is 9.99. The fraction of sp³-hybridized carbons (Fsp3) is 0.571. The van der Waals surface area contributed by atoms with Crippen LogP contribution in [0.15, 0.2) is 30.3 Å². The van der Waals surface area contributed by atoms with Crippen LogP contribution in [-0.2, 0) is 10.8 Å². The molecule has 1 aromatic carbocycles. The Labute approximate surface area is 102 Å². The van der Waals surface area contributed by atoms with Crippen molar-refractivity contribution in [3.63, 3.8) is 0 Å². The third-order valence-electron chi connectivity index (χ3n) is 2.45. The summed E-state index contributed by atoms with van der Waals surface area (Å²) < 4.78 is 5.96. The predicted octanol–water partition coefficient (Wildman–Crippen LogP) is 3.86. The van der Waals surface area contributed by atoms with E-state index in [0.717, 1.165) is 6.42 Å². The van der Waals surface area contributed by atoms with Crippen LogP contribution in [0.5, 0.6) is 0 Å². The van der Waals surface area contributed by atoms with Crippen LogP contribution in [0, 0.1) is 0 Å². The van der Waals surface area contributed by atoms with Crippen molar-refractivity contribution < 1.29 is 4.43 Å². The molecule has 2 radical (unpaired) electrons. The second-order valence-electron chi connectivity index (χ2n) is 4.77. The Morgan fingerprint density at radius 3 is 2.50 bits per heavy atom. The van der Waals surface area contributed by atoms with Crippen molar-refractivity contribution >= 4 is 9.76 Å². The van der Waals surface area contributed by atoms with E-state index in [1.165, 1.54) is 24.4 Å². The van der Waals surface area contributed by atoms with E-state index in [-0.39, 0.29) is 5.60 Å². The van der Waals surface area contributed by atoms with Gasteiger partial charge >= 0.3 is 0 Å². The minimum Gasteiger partial charge on any atom is -0.412 e. The van der Waals surface area contributed by atoms with E-state index in [0.29, 0.717) is 9.76 Å². The SMILES string of the molecule is CCCC[Si]OC(C)(C)Cc1ccccc1. The molecule has 0 atom stereocenters. The summed E-state index contributed by atoms with van der Waals surface area (Å²) in [5.74, 6) is 0. The van der Waals surface area contributed by atoms with Gasteiger partial charge in [0.05, 0.1) is 5.60 Å². The third-order valence-corrected chi connectivity index (χ3v) is 3.71. The summed E-state index contributed by atoms with van der Waals surface area (Å²) in [5, 5.41) is 0. The van der Waals surface area contributed by atoms with E-state index in [1.807, 2.05) is 0 Å². The van der Waals surface area contributed by atoms with Crippen LogP contribution in [0.3, 0.4) is 0 Å². The molecule has 0 N–H and O–H groups in total. The second-order valence-corrected chi connectivity index (χ2v) is 5.76. The maximum atomic E-state index is 5.96. The molecule has 0 heterocycles. The Balaban J connectivity index is 2.33. The molecule has 1 rings (SSSR count). The molecule has 0 amide bonds. The van der Waals surface area contributed by atoms with Gasteiger partial charge in [-0.25, -0.2) is 0 Å².